The van der Waals surface area contributed by atoms with E-state index in [4.69, 9.17) is 14.2 Å². The summed E-state index contributed by atoms with van der Waals surface area (Å²) in [5.74, 6) is 0. The first kappa shape index (κ1) is 12.7. The maximum atomic E-state index is 10.7. The molecular formula is C12H18O5. The molecule has 0 aromatic carbocycles. The molecule has 1 spiro atoms. The summed E-state index contributed by atoms with van der Waals surface area (Å²) in [6.45, 7) is 0. The highest BCUT2D eigenvalue weighted by molar-refractivity contribution is 5.73. The number of ether oxygens (including phenoxy) is 3. The van der Waals surface area contributed by atoms with Gasteiger partial charge in [-0.25, -0.2) is 0 Å². The summed E-state index contributed by atoms with van der Waals surface area (Å²) in [4.78, 5) is 10.7. The lowest BCUT2D eigenvalue weighted by Crippen LogP contribution is -2.44. The van der Waals surface area contributed by atoms with Gasteiger partial charge in [-0.3, -0.25) is 4.79 Å². The van der Waals surface area contributed by atoms with Gasteiger partial charge in [-0.1, -0.05) is 0 Å². The smallest absolute Gasteiger partial charge is 0.168 e. The van der Waals surface area contributed by atoms with Crippen molar-refractivity contribution in [2.24, 2.45) is 5.41 Å². The van der Waals surface area contributed by atoms with E-state index >= 15 is 0 Å². The fourth-order valence-corrected chi connectivity index (χ4v) is 2.71. The summed E-state index contributed by atoms with van der Waals surface area (Å²) in [5.41, 5.74) is 0.140. The monoisotopic (exact) mass is 242 g/mol. The van der Waals surface area contributed by atoms with Crippen molar-refractivity contribution < 1.29 is 24.1 Å². The van der Waals surface area contributed by atoms with Crippen molar-refractivity contribution in [2.45, 2.75) is 37.9 Å². The minimum atomic E-state index is -0.735. The molecular weight excluding hydrogens is 224 g/mol. The zero-order chi connectivity index (χ0) is 12.5. The molecule has 0 amide bonds. The van der Waals surface area contributed by atoms with E-state index in [1.54, 1.807) is 20.3 Å². The Kier molecular flexibility index (Phi) is 3.63. The lowest BCUT2D eigenvalue weighted by atomic mass is 9.71. The molecule has 0 aromatic rings. The Bertz CT molecular complexity index is 327. The number of allylic oxidation sites excluding steroid dienone is 1. The van der Waals surface area contributed by atoms with Gasteiger partial charge in [0.15, 0.2) is 12.6 Å². The quantitative estimate of drug-likeness (QED) is 0.735. The van der Waals surface area contributed by atoms with Gasteiger partial charge in [0, 0.05) is 20.6 Å². The molecule has 17 heavy (non-hydrogen) atoms. The predicted octanol–water partition coefficient (Wildman–Crippen LogP) is 0.618. The molecule has 0 radical (unpaired) electrons. The average molecular weight is 242 g/mol. The summed E-state index contributed by atoms with van der Waals surface area (Å²) in [6.07, 6.45) is 2.68. The number of aliphatic hydroxyl groups is 1. The van der Waals surface area contributed by atoms with Gasteiger partial charge in [0.1, 0.15) is 6.29 Å². The van der Waals surface area contributed by atoms with Crippen LogP contribution < -0.4 is 0 Å². The molecule has 0 saturated carbocycles. The summed E-state index contributed by atoms with van der Waals surface area (Å²) in [7, 11) is 3.12. The van der Waals surface area contributed by atoms with Crippen LogP contribution in [0.1, 0.15) is 19.3 Å². The Morgan fingerprint density at radius 2 is 2.29 bits per heavy atom. The van der Waals surface area contributed by atoms with Crippen LogP contribution in [0.4, 0.5) is 0 Å². The summed E-state index contributed by atoms with van der Waals surface area (Å²) in [6, 6.07) is 0. The molecule has 0 aromatic heterocycles. The van der Waals surface area contributed by atoms with Gasteiger partial charge < -0.3 is 19.3 Å². The summed E-state index contributed by atoms with van der Waals surface area (Å²) in [5, 5.41) is 10.2. The van der Waals surface area contributed by atoms with Gasteiger partial charge in [0.05, 0.1) is 11.5 Å². The minimum absolute atomic E-state index is 0.360. The lowest BCUT2D eigenvalue weighted by Gasteiger charge is -2.38. The lowest BCUT2D eigenvalue weighted by molar-refractivity contribution is -0.214. The van der Waals surface area contributed by atoms with Crippen molar-refractivity contribution in [1.29, 1.82) is 0 Å². The van der Waals surface area contributed by atoms with E-state index in [1.807, 2.05) is 0 Å². The predicted molar refractivity (Wildman–Crippen MR) is 59.1 cm³/mol. The summed E-state index contributed by atoms with van der Waals surface area (Å²) < 4.78 is 16.0. The Morgan fingerprint density at radius 1 is 1.53 bits per heavy atom. The molecule has 2 rings (SSSR count). The highest BCUT2D eigenvalue weighted by Crippen LogP contribution is 2.49. The topological polar surface area (TPSA) is 65.0 Å². The SMILES string of the molecule is COC1CC2(CCC(C=O)=CC2O)C(OC)O1. The number of carbonyl (C=O) groups is 1. The van der Waals surface area contributed by atoms with E-state index in [2.05, 4.69) is 0 Å². The fraction of sp³-hybridized carbons (Fsp3) is 0.750. The fourth-order valence-electron chi connectivity index (χ4n) is 2.71. The van der Waals surface area contributed by atoms with Crippen LogP contribution in [0.25, 0.3) is 0 Å². The molecule has 1 N–H and O–H groups in total. The van der Waals surface area contributed by atoms with Gasteiger partial charge in [0.25, 0.3) is 0 Å². The van der Waals surface area contributed by atoms with Gasteiger partial charge in [0.2, 0.25) is 0 Å². The Balaban J connectivity index is 2.24. The Hall–Kier alpha value is -0.750. The number of aliphatic hydroxyl groups excluding tert-OH is 1. The van der Waals surface area contributed by atoms with E-state index in [-0.39, 0.29) is 6.29 Å². The van der Waals surface area contributed by atoms with E-state index < -0.39 is 17.8 Å². The number of hydrogen-bond acceptors (Lipinski definition) is 5. The van der Waals surface area contributed by atoms with Crippen molar-refractivity contribution in [3.63, 3.8) is 0 Å². The highest BCUT2D eigenvalue weighted by atomic mass is 16.8. The van der Waals surface area contributed by atoms with Crippen molar-refractivity contribution in [3.05, 3.63) is 11.6 Å². The van der Waals surface area contributed by atoms with Gasteiger partial charge in [-0.2, -0.15) is 0 Å². The Morgan fingerprint density at radius 3 is 2.82 bits per heavy atom. The molecule has 5 heteroatoms. The maximum absolute atomic E-state index is 10.7. The van der Waals surface area contributed by atoms with E-state index in [9.17, 15) is 9.90 Å². The molecule has 1 aliphatic heterocycles. The first-order valence-corrected chi connectivity index (χ1v) is 5.71. The number of rotatable bonds is 3. The molecule has 0 bridgehead atoms. The second-order valence-electron chi connectivity index (χ2n) is 4.61. The van der Waals surface area contributed by atoms with E-state index in [1.165, 1.54) is 0 Å². The van der Waals surface area contributed by atoms with Crippen molar-refractivity contribution in [1.82, 2.24) is 0 Å². The first-order valence-electron chi connectivity index (χ1n) is 5.71. The number of aldehydes is 1. The zero-order valence-electron chi connectivity index (χ0n) is 10.1. The van der Waals surface area contributed by atoms with Gasteiger partial charge in [-0.05, 0) is 24.5 Å². The molecule has 1 saturated heterocycles. The number of hydrogen-bond donors (Lipinski definition) is 1. The van der Waals surface area contributed by atoms with Crippen LogP contribution in [0.3, 0.4) is 0 Å². The number of carbonyl (C=O) groups excluding carboxylic acids is 1. The largest absolute Gasteiger partial charge is 0.388 e. The maximum Gasteiger partial charge on any atom is 0.168 e. The second-order valence-corrected chi connectivity index (χ2v) is 4.61. The second kappa shape index (κ2) is 4.86. The summed E-state index contributed by atoms with van der Waals surface area (Å²) >= 11 is 0. The zero-order valence-corrected chi connectivity index (χ0v) is 10.1. The van der Waals surface area contributed by atoms with Crippen molar-refractivity contribution >= 4 is 6.29 Å². The molecule has 4 unspecified atom stereocenters. The van der Waals surface area contributed by atoms with Crippen molar-refractivity contribution in [2.75, 3.05) is 14.2 Å². The molecule has 5 nitrogen and oxygen atoms in total. The molecule has 1 fully saturated rings. The third-order valence-corrected chi connectivity index (χ3v) is 3.76. The van der Waals surface area contributed by atoms with Crippen molar-refractivity contribution in [3.8, 4) is 0 Å². The minimum Gasteiger partial charge on any atom is -0.388 e. The van der Waals surface area contributed by atoms with Crippen LogP contribution in [0.2, 0.25) is 0 Å². The molecule has 1 heterocycles. The van der Waals surface area contributed by atoms with Crippen LogP contribution in [0.5, 0.6) is 0 Å². The number of methoxy groups -OCH3 is 2. The molecule has 1 aliphatic carbocycles. The third-order valence-electron chi connectivity index (χ3n) is 3.76. The molecule has 96 valence electrons. The van der Waals surface area contributed by atoms with Crippen LogP contribution in [0, 0.1) is 5.41 Å². The normalized spacial score (nSPS) is 41.6. The third kappa shape index (κ3) is 2.04. The van der Waals surface area contributed by atoms with Crippen LogP contribution in [0.15, 0.2) is 11.6 Å². The molecule has 4 atom stereocenters. The molecule has 2 aliphatic rings. The van der Waals surface area contributed by atoms with Gasteiger partial charge in [-0.15, -0.1) is 0 Å². The Labute approximate surface area is 100 Å². The van der Waals surface area contributed by atoms with Crippen LogP contribution >= 0.6 is 0 Å². The van der Waals surface area contributed by atoms with E-state index in [0.717, 1.165) is 6.29 Å². The van der Waals surface area contributed by atoms with E-state index in [0.29, 0.717) is 24.8 Å². The standard InChI is InChI=1S/C12H18O5/c1-15-10-6-12(11(16-2)17-10)4-3-8(7-13)5-9(12)14/h5,7,9-11,14H,3-4,6H2,1-2H3. The average Bonchev–Trinajstić information content (AvgIpc) is 2.72. The highest BCUT2D eigenvalue weighted by Gasteiger charge is 2.54. The first-order chi connectivity index (χ1) is 8.16. The van der Waals surface area contributed by atoms with Crippen LogP contribution in [-0.4, -0.2) is 44.3 Å². The van der Waals surface area contributed by atoms with Gasteiger partial charge >= 0.3 is 0 Å². The van der Waals surface area contributed by atoms with Crippen LogP contribution in [-0.2, 0) is 19.0 Å².